The molecule has 7 heteroatoms. The number of esters is 1. The van der Waals surface area contributed by atoms with E-state index in [1.165, 1.54) is 0 Å². The zero-order valence-corrected chi connectivity index (χ0v) is 23.7. The second-order valence-corrected chi connectivity index (χ2v) is 20.7. The van der Waals surface area contributed by atoms with Crippen molar-refractivity contribution in [2.45, 2.75) is 111 Å². The standard InChI is InChI=1S/C23H48O5Si2/c1-13-26-21(25)20(28-30(11,12)23(6,7)8)19(18(2)16-14-15-17-24)27-29(9,10)22(3,4)5/h18,24H,13-17H2,1-12H3/t18-/m0/s1. The molecule has 0 fully saturated rings. The minimum Gasteiger partial charge on any atom is -0.544 e. The van der Waals surface area contributed by atoms with Crippen molar-refractivity contribution in [1.82, 2.24) is 0 Å². The summed E-state index contributed by atoms with van der Waals surface area (Å²) in [4.78, 5) is 13.1. The van der Waals surface area contributed by atoms with Crippen LogP contribution in [0.15, 0.2) is 11.5 Å². The van der Waals surface area contributed by atoms with Gasteiger partial charge in [-0.3, -0.25) is 0 Å². The SMILES string of the molecule is CCOC(=O)C(O[Si](C)(C)C(C)(C)C)=C(O[Si](C)(C)C(C)(C)C)[C@@H](C)CCCCO. The van der Waals surface area contributed by atoms with Gasteiger partial charge in [0.1, 0.15) is 5.76 Å². The van der Waals surface area contributed by atoms with Crippen LogP contribution in [0.25, 0.3) is 0 Å². The number of rotatable bonds is 11. The Kier molecular flexibility index (Phi) is 10.9. The summed E-state index contributed by atoms with van der Waals surface area (Å²) in [6, 6.07) is 0. The molecular weight excluding hydrogens is 412 g/mol. The lowest BCUT2D eigenvalue weighted by molar-refractivity contribution is -0.141. The van der Waals surface area contributed by atoms with E-state index in [0.29, 0.717) is 5.76 Å². The van der Waals surface area contributed by atoms with Crippen molar-refractivity contribution >= 4 is 22.6 Å². The summed E-state index contributed by atoms with van der Waals surface area (Å²) in [6.45, 7) is 26.0. The molecule has 0 aliphatic carbocycles. The third-order valence-corrected chi connectivity index (χ3v) is 15.2. The lowest BCUT2D eigenvalue weighted by Crippen LogP contribution is -2.44. The minimum absolute atomic E-state index is 0.00477. The Balaban J connectivity index is 6.50. The average Bonchev–Trinajstić information content (AvgIpc) is 2.56. The molecule has 0 aromatic heterocycles. The first-order valence-electron chi connectivity index (χ1n) is 11.3. The van der Waals surface area contributed by atoms with Crippen molar-refractivity contribution in [1.29, 1.82) is 0 Å². The fraction of sp³-hybridized carbons (Fsp3) is 0.870. The molecule has 1 atom stereocenters. The molecule has 1 N–H and O–H groups in total. The molecule has 0 aliphatic rings. The normalized spacial score (nSPS) is 15.4. The number of carbonyl (C=O) groups is 1. The smallest absolute Gasteiger partial charge is 0.375 e. The van der Waals surface area contributed by atoms with Gasteiger partial charge in [0, 0.05) is 12.5 Å². The first kappa shape index (κ1) is 29.2. The minimum atomic E-state index is -2.29. The van der Waals surface area contributed by atoms with Gasteiger partial charge in [-0.25, -0.2) is 4.79 Å². The predicted molar refractivity (Wildman–Crippen MR) is 130 cm³/mol. The summed E-state index contributed by atoms with van der Waals surface area (Å²) in [5.41, 5.74) is 0. The van der Waals surface area contributed by atoms with Gasteiger partial charge in [-0.15, -0.1) is 0 Å². The summed E-state index contributed by atoms with van der Waals surface area (Å²) in [5, 5.41) is 9.11. The van der Waals surface area contributed by atoms with E-state index in [1.54, 1.807) is 6.92 Å². The molecule has 0 unspecified atom stereocenters. The van der Waals surface area contributed by atoms with Crippen LogP contribution >= 0.6 is 0 Å². The van der Waals surface area contributed by atoms with E-state index in [-0.39, 0.29) is 35.0 Å². The molecule has 0 spiro atoms. The number of carbonyl (C=O) groups excluding carboxylic acids is 1. The van der Waals surface area contributed by atoms with E-state index >= 15 is 0 Å². The van der Waals surface area contributed by atoms with Gasteiger partial charge in [0.05, 0.1) is 6.61 Å². The first-order valence-corrected chi connectivity index (χ1v) is 17.1. The van der Waals surface area contributed by atoms with Crippen LogP contribution in [-0.4, -0.2) is 40.9 Å². The van der Waals surface area contributed by atoms with Crippen molar-refractivity contribution in [3.05, 3.63) is 11.5 Å². The number of ether oxygens (including phenoxy) is 1. The third-order valence-electron chi connectivity index (χ3n) is 6.51. The van der Waals surface area contributed by atoms with Crippen LogP contribution in [0.3, 0.4) is 0 Å². The average molecular weight is 461 g/mol. The summed E-state index contributed by atoms with van der Waals surface area (Å²) in [5.74, 6) is 0.437. The lowest BCUT2D eigenvalue weighted by atomic mass is 10.0. The number of allylic oxidation sites excluding steroid dienone is 1. The van der Waals surface area contributed by atoms with Crippen LogP contribution in [0.1, 0.15) is 74.7 Å². The zero-order valence-electron chi connectivity index (χ0n) is 21.7. The van der Waals surface area contributed by atoms with E-state index in [9.17, 15) is 9.90 Å². The van der Waals surface area contributed by atoms with E-state index in [1.807, 2.05) is 0 Å². The topological polar surface area (TPSA) is 65.0 Å². The summed E-state index contributed by atoms with van der Waals surface area (Å²) in [7, 11) is -4.50. The molecule has 30 heavy (non-hydrogen) atoms. The highest BCUT2D eigenvalue weighted by Crippen LogP contribution is 2.42. The zero-order chi connectivity index (χ0) is 24.0. The van der Waals surface area contributed by atoms with Gasteiger partial charge >= 0.3 is 5.97 Å². The first-order chi connectivity index (χ1) is 13.4. The Morgan fingerprint density at radius 1 is 0.900 bits per heavy atom. The third kappa shape index (κ3) is 8.38. The fourth-order valence-electron chi connectivity index (χ4n) is 2.29. The van der Waals surface area contributed by atoms with Gasteiger partial charge in [0.2, 0.25) is 14.1 Å². The van der Waals surface area contributed by atoms with Crippen LogP contribution in [0.5, 0.6) is 0 Å². The number of unbranched alkanes of at least 4 members (excludes halogenated alkanes) is 1. The van der Waals surface area contributed by atoms with Crippen LogP contribution in [-0.2, 0) is 18.4 Å². The van der Waals surface area contributed by atoms with Gasteiger partial charge in [-0.2, -0.15) is 0 Å². The molecule has 0 aliphatic heterocycles. The Morgan fingerprint density at radius 3 is 1.77 bits per heavy atom. The monoisotopic (exact) mass is 460 g/mol. The van der Waals surface area contributed by atoms with Crippen molar-refractivity contribution in [2.24, 2.45) is 5.92 Å². The maximum atomic E-state index is 13.1. The van der Waals surface area contributed by atoms with Crippen LogP contribution in [0.2, 0.25) is 36.3 Å². The second-order valence-electron chi connectivity index (χ2n) is 11.3. The molecule has 0 amide bonds. The Hall–Kier alpha value is -0.796. The number of hydrogen-bond donors (Lipinski definition) is 1. The molecule has 0 aromatic rings. The van der Waals surface area contributed by atoms with Gasteiger partial charge < -0.3 is 18.7 Å². The van der Waals surface area contributed by atoms with Crippen molar-refractivity contribution in [2.75, 3.05) is 13.2 Å². The molecule has 0 saturated carbocycles. The molecule has 0 heterocycles. The Labute approximate surface area is 187 Å². The molecule has 178 valence electrons. The maximum absolute atomic E-state index is 13.1. The van der Waals surface area contributed by atoms with Crippen molar-refractivity contribution < 1.29 is 23.5 Å². The molecule has 0 bridgehead atoms. The van der Waals surface area contributed by atoms with Gasteiger partial charge in [-0.05, 0) is 56.0 Å². The van der Waals surface area contributed by atoms with Crippen LogP contribution in [0.4, 0.5) is 0 Å². The highest BCUT2D eigenvalue weighted by Gasteiger charge is 2.45. The van der Waals surface area contributed by atoms with Crippen LogP contribution in [0, 0.1) is 5.92 Å². The van der Waals surface area contributed by atoms with E-state index in [4.69, 9.17) is 13.6 Å². The molecule has 0 radical (unpaired) electrons. The number of aliphatic hydroxyl groups is 1. The highest BCUT2D eigenvalue weighted by atomic mass is 28.4. The van der Waals surface area contributed by atoms with Crippen LogP contribution < -0.4 is 0 Å². The lowest BCUT2D eigenvalue weighted by Gasteiger charge is -2.41. The van der Waals surface area contributed by atoms with Gasteiger partial charge in [-0.1, -0.05) is 54.9 Å². The summed E-state index contributed by atoms with van der Waals surface area (Å²) in [6.07, 6.45) is 2.40. The fourth-order valence-corrected chi connectivity index (χ4v) is 4.44. The molecular formula is C23H48O5Si2. The Bertz CT molecular complexity index is 583. The van der Waals surface area contributed by atoms with Crippen molar-refractivity contribution in [3.8, 4) is 0 Å². The van der Waals surface area contributed by atoms with Gasteiger partial charge in [0.25, 0.3) is 8.32 Å². The Morgan fingerprint density at radius 2 is 1.37 bits per heavy atom. The van der Waals surface area contributed by atoms with Gasteiger partial charge in [0.15, 0.2) is 0 Å². The predicted octanol–water partition coefficient (Wildman–Crippen LogP) is 6.60. The molecule has 0 saturated heterocycles. The number of hydrogen-bond acceptors (Lipinski definition) is 5. The van der Waals surface area contributed by atoms with E-state index < -0.39 is 22.6 Å². The highest BCUT2D eigenvalue weighted by molar-refractivity contribution is 6.75. The molecule has 0 rings (SSSR count). The number of aliphatic hydroxyl groups excluding tert-OH is 1. The second kappa shape index (κ2) is 11.2. The molecule has 5 nitrogen and oxygen atoms in total. The quantitative estimate of drug-likeness (QED) is 0.124. The largest absolute Gasteiger partial charge is 0.544 e. The van der Waals surface area contributed by atoms with E-state index in [0.717, 1.165) is 19.3 Å². The van der Waals surface area contributed by atoms with E-state index in [2.05, 4.69) is 74.7 Å². The summed E-state index contributed by atoms with van der Waals surface area (Å²) < 4.78 is 18.7. The summed E-state index contributed by atoms with van der Waals surface area (Å²) >= 11 is 0. The maximum Gasteiger partial charge on any atom is 0.375 e. The molecule has 0 aromatic carbocycles. The van der Waals surface area contributed by atoms with Crippen molar-refractivity contribution in [3.63, 3.8) is 0 Å².